The fourth-order valence-corrected chi connectivity index (χ4v) is 6.47. The van der Waals surface area contributed by atoms with Gasteiger partial charge in [0.05, 0.1) is 4.90 Å². The summed E-state index contributed by atoms with van der Waals surface area (Å²) in [4.78, 5) is 19.8. The van der Waals surface area contributed by atoms with E-state index in [9.17, 15) is 26.6 Å². The molecule has 0 bridgehead atoms. The van der Waals surface area contributed by atoms with Gasteiger partial charge in [-0.25, -0.2) is 23.2 Å². The zero-order valence-corrected chi connectivity index (χ0v) is 19.0. The number of alkyl halides is 3. The van der Waals surface area contributed by atoms with Gasteiger partial charge in [-0.05, 0) is 55.4 Å². The summed E-state index contributed by atoms with van der Waals surface area (Å²) in [5.41, 5.74) is -4.94. The topological polar surface area (TPSA) is 106 Å². The van der Waals surface area contributed by atoms with E-state index in [2.05, 4.69) is 15.2 Å². The molecule has 184 valence electrons. The maximum Gasteiger partial charge on any atom is 0.483 e. The van der Waals surface area contributed by atoms with Gasteiger partial charge in [0.1, 0.15) is 18.0 Å². The van der Waals surface area contributed by atoms with Crippen LogP contribution in [0.25, 0.3) is 0 Å². The van der Waals surface area contributed by atoms with Gasteiger partial charge in [-0.1, -0.05) is 0 Å². The van der Waals surface area contributed by atoms with Crippen molar-refractivity contribution in [1.29, 1.82) is 4.78 Å². The number of hydrogen-bond donors (Lipinski definition) is 2. The molecular formula is C21H24F4N6O2S. The molecule has 2 atom stereocenters. The second kappa shape index (κ2) is 7.92. The van der Waals surface area contributed by atoms with Crippen LogP contribution in [-0.4, -0.2) is 66.9 Å². The molecule has 2 aliphatic heterocycles. The summed E-state index contributed by atoms with van der Waals surface area (Å²) in [6, 6.07) is 2.69. The zero-order valence-electron chi connectivity index (χ0n) is 18.1. The van der Waals surface area contributed by atoms with Crippen LogP contribution in [0.2, 0.25) is 0 Å². The summed E-state index contributed by atoms with van der Waals surface area (Å²) in [6.07, 6.45) is 4.21. The number of amides is 2. The van der Waals surface area contributed by atoms with E-state index in [1.807, 2.05) is 9.80 Å². The third kappa shape index (κ3) is 4.03. The maximum absolute atomic E-state index is 13.9. The van der Waals surface area contributed by atoms with Crippen molar-refractivity contribution in [3.05, 3.63) is 41.7 Å². The summed E-state index contributed by atoms with van der Waals surface area (Å²) in [6.45, 7) is 2.53. The molecule has 2 aromatic rings. The molecule has 1 saturated carbocycles. The Bertz CT molecular complexity index is 1190. The maximum atomic E-state index is 13.9. The van der Waals surface area contributed by atoms with Crippen molar-refractivity contribution in [2.24, 2.45) is 11.3 Å². The van der Waals surface area contributed by atoms with Crippen molar-refractivity contribution in [3.63, 3.8) is 0 Å². The Morgan fingerprint density at radius 3 is 2.62 bits per heavy atom. The highest BCUT2D eigenvalue weighted by molar-refractivity contribution is 7.93. The SMILES string of the molecule is N=S(=O)(c1cc(F)cc(CC2CC3(C2)CN(C(=O)N2CC[C@H](c4ncn[nH]4)C2)C3)c1)C(F)(F)F. The first-order chi connectivity index (χ1) is 16.0. The second-order valence-electron chi connectivity index (χ2n) is 9.72. The molecule has 3 aliphatic rings. The van der Waals surface area contributed by atoms with Crippen molar-refractivity contribution in [1.82, 2.24) is 25.0 Å². The van der Waals surface area contributed by atoms with E-state index in [0.717, 1.165) is 37.2 Å². The highest BCUT2D eigenvalue weighted by atomic mass is 32.2. The van der Waals surface area contributed by atoms with Gasteiger partial charge in [0, 0.05) is 37.5 Å². The molecule has 3 heterocycles. The number of carbonyl (C=O) groups excluding carboxylic acids is 1. The third-order valence-electron chi connectivity index (χ3n) is 7.16. The lowest BCUT2D eigenvalue weighted by Crippen LogP contribution is -2.65. The number of carbonyl (C=O) groups is 1. The van der Waals surface area contributed by atoms with E-state index < -0.39 is 26.0 Å². The van der Waals surface area contributed by atoms with Crippen molar-refractivity contribution >= 4 is 15.8 Å². The Labute approximate surface area is 193 Å². The van der Waals surface area contributed by atoms with Crippen molar-refractivity contribution < 1.29 is 26.6 Å². The highest BCUT2D eigenvalue weighted by Gasteiger charge is 2.54. The molecular weight excluding hydrogens is 476 g/mol. The number of H-pyrrole nitrogens is 1. The molecule has 1 unspecified atom stereocenters. The van der Waals surface area contributed by atoms with Crippen molar-refractivity contribution in [2.75, 3.05) is 26.2 Å². The quantitative estimate of drug-likeness (QED) is 0.624. The Balaban J connectivity index is 1.14. The van der Waals surface area contributed by atoms with Crippen LogP contribution >= 0.6 is 0 Å². The minimum absolute atomic E-state index is 0.00298. The van der Waals surface area contributed by atoms with Crippen LogP contribution < -0.4 is 0 Å². The number of aromatic amines is 1. The molecule has 2 amide bonds. The Hall–Kier alpha value is -2.70. The van der Waals surface area contributed by atoms with Crippen LogP contribution in [0.3, 0.4) is 0 Å². The Morgan fingerprint density at radius 1 is 1.24 bits per heavy atom. The second-order valence-corrected chi connectivity index (χ2v) is 11.8. The number of benzene rings is 1. The van der Waals surface area contributed by atoms with Gasteiger partial charge in [-0.2, -0.15) is 18.3 Å². The van der Waals surface area contributed by atoms with Crippen LogP contribution in [0, 0.1) is 21.9 Å². The predicted octanol–water partition coefficient (Wildman–Crippen LogP) is 3.73. The molecule has 2 saturated heterocycles. The molecule has 1 aromatic heterocycles. The van der Waals surface area contributed by atoms with Gasteiger partial charge in [-0.3, -0.25) is 5.10 Å². The molecule has 8 nitrogen and oxygen atoms in total. The predicted molar refractivity (Wildman–Crippen MR) is 113 cm³/mol. The van der Waals surface area contributed by atoms with Gasteiger partial charge in [0.15, 0.2) is 9.73 Å². The minimum atomic E-state index is -5.26. The van der Waals surface area contributed by atoms with E-state index in [4.69, 9.17) is 4.78 Å². The van der Waals surface area contributed by atoms with Crippen LogP contribution in [0.5, 0.6) is 0 Å². The minimum Gasteiger partial charge on any atom is -0.324 e. The zero-order chi connectivity index (χ0) is 24.3. The van der Waals surface area contributed by atoms with Gasteiger partial charge in [0.2, 0.25) is 0 Å². The highest BCUT2D eigenvalue weighted by Crippen LogP contribution is 2.53. The normalized spacial score (nSPS) is 24.1. The van der Waals surface area contributed by atoms with Crippen molar-refractivity contribution in [2.45, 2.75) is 42.0 Å². The van der Waals surface area contributed by atoms with Crippen LogP contribution in [0.4, 0.5) is 22.4 Å². The first kappa shape index (κ1) is 23.1. The number of halogens is 4. The van der Waals surface area contributed by atoms with Gasteiger partial charge in [-0.15, -0.1) is 0 Å². The number of urea groups is 1. The molecule has 13 heteroatoms. The van der Waals surface area contributed by atoms with Crippen LogP contribution in [0.1, 0.15) is 36.6 Å². The van der Waals surface area contributed by atoms with E-state index in [-0.39, 0.29) is 23.3 Å². The first-order valence-corrected chi connectivity index (χ1v) is 12.6. The summed E-state index contributed by atoms with van der Waals surface area (Å²) in [5, 5.41) is 6.72. The number of nitrogens with zero attached hydrogens (tertiary/aromatic N) is 4. The smallest absolute Gasteiger partial charge is 0.324 e. The molecule has 1 aliphatic carbocycles. The van der Waals surface area contributed by atoms with E-state index in [1.165, 1.54) is 6.33 Å². The van der Waals surface area contributed by atoms with Crippen LogP contribution in [-0.2, 0) is 16.1 Å². The number of hydrogen-bond acceptors (Lipinski definition) is 5. The number of rotatable bonds is 4. The molecule has 0 radical (unpaired) electrons. The molecule has 1 aromatic carbocycles. The summed E-state index contributed by atoms with van der Waals surface area (Å²) in [7, 11) is -5.10. The third-order valence-corrected chi connectivity index (χ3v) is 8.71. The van der Waals surface area contributed by atoms with Gasteiger partial charge < -0.3 is 9.80 Å². The molecule has 5 rings (SSSR count). The van der Waals surface area contributed by atoms with Gasteiger partial charge in [0.25, 0.3) is 0 Å². The molecule has 34 heavy (non-hydrogen) atoms. The number of nitrogens with one attached hydrogen (secondary N) is 2. The lowest BCUT2D eigenvalue weighted by atomic mass is 9.56. The molecule has 2 N–H and O–H groups in total. The molecule has 1 spiro atoms. The van der Waals surface area contributed by atoms with Crippen LogP contribution in [0.15, 0.2) is 29.4 Å². The first-order valence-electron chi connectivity index (χ1n) is 11.0. The summed E-state index contributed by atoms with van der Waals surface area (Å²) >= 11 is 0. The molecule has 3 fully saturated rings. The largest absolute Gasteiger partial charge is 0.483 e. The lowest BCUT2D eigenvalue weighted by Gasteiger charge is -2.59. The van der Waals surface area contributed by atoms with Gasteiger partial charge >= 0.3 is 11.5 Å². The van der Waals surface area contributed by atoms with Crippen molar-refractivity contribution in [3.8, 4) is 0 Å². The lowest BCUT2D eigenvalue weighted by molar-refractivity contribution is -0.0754. The average molecular weight is 501 g/mol. The Kier molecular flexibility index (Phi) is 5.37. The summed E-state index contributed by atoms with van der Waals surface area (Å²) in [5.74, 6) is 0.151. The van der Waals surface area contributed by atoms with E-state index in [0.29, 0.717) is 44.2 Å². The fraction of sp³-hybridized carbons (Fsp3) is 0.571. The fourth-order valence-electron chi connectivity index (χ4n) is 5.61. The number of aromatic nitrogens is 3. The standard InChI is InChI=1S/C21H24F4N6O2S/c22-16-4-13(5-17(6-16)34(26,33)21(23,24)25)3-14-7-20(8-14)10-31(11-20)19(32)30-2-1-15(9-30)18-27-12-28-29-18/h4-6,12,14-15,26H,1-3,7-11H2,(H,27,28,29)/t15-,34?/m0/s1. The number of likely N-dealkylation sites (tertiary alicyclic amines) is 2. The monoisotopic (exact) mass is 500 g/mol. The van der Waals surface area contributed by atoms with E-state index >= 15 is 0 Å². The summed E-state index contributed by atoms with van der Waals surface area (Å²) < 4.78 is 71.9. The average Bonchev–Trinajstić information content (AvgIpc) is 3.38. The Morgan fingerprint density at radius 2 is 1.97 bits per heavy atom. The van der Waals surface area contributed by atoms with E-state index in [1.54, 1.807) is 0 Å².